The number of rotatable bonds is 4. The summed E-state index contributed by atoms with van der Waals surface area (Å²) in [4.78, 5) is 21.2. The molecule has 1 N–H and O–H groups in total. The summed E-state index contributed by atoms with van der Waals surface area (Å²) in [5.41, 5.74) is -1.03. The van der Waals surface area contributed by atoms with Gasteiger partial charge in [-0.25, -0.2) is 0 Å². The van der Waals surface area contributed by atoms with Crippen molar-refractivity contribution in [3.05, 3.63) is 0 Å². The summed E-state index contributed by atoms with van der Waals surface area (Å²) in [6, 6.07) is 0. The second-order valence-corrected chi connectivity index (χ2v) is 3.31. The summed E-state index contributed by atoms with van der Waals surface area (Å²) in [5.74, 6) is -0.767. The first-order valence-corrected chi connectivity index (χ1v) is 3.69. The van der Waals surface area contributed by atoms with Crippen LogP contribution in [0.3, 0.4) is 0 Å². The van der Waals surface area contributed by atoms with Crippen molar-refractivity contribution in [3.63, 3.8) is 0 Å². The van der Waals surface area contributed by atoms with Crippen LogP contribution in [0.5, 0.6) is 0 Å². The number of carbonyl (C=O) groups is 2. The maximum absolute atomic E-state index is 10.9. The topological polar surface area (TPSA) is 63.6 Å². The second kappa shape index (κ2) is 4.21. The zero-order valence-electron chi connectivity index (χ0n) is 7.59. The van der Waals surface area contributed by atoms with Gasteiger partial charge >= 0.3 is 5.97 Å². The number of hydrogen-bond acceptors (Lipinski definition) is 4. The van der Waals surface area contributed by atoms with E-state index in [1.165, 1.54) is 20.8 Å². The lowest BCUT2D eigenvalue weighted by Gasteiger charge is -2.15. The third kappa shape index (κ3) is 7.21. The molecule has 0 unspecified atom stereocenters. The lowest BCUT2D eigenvalue weighted by molar-refractivity contribution is -0.146. The van der Waals surface area contributed by atoms with E-state index in [1.807, 2.05) is 0 Å². The van der Waals surface area contributed by atoms with E-state index in [2.05, 4.69) is 4.74 Å². The van der Waals surface area contributed by atoms with Gasteiger partial charge in [-0.05, 0) is 13.8 Å². The van der Waals surface area contributed by atoms with Gasteiger partial charge < -0.3 is 9.84 Å². The molecule has 0 saturated carbocycles. The number of esters is 1. The molecule has 0 spiro atoms. The van der Waals surface area contributed by atoms with E-state index in [4.69, 9.17) is 0 Å². The first-order chi connectivity index (χ1) is 5.31. The summed E-state index contributed by atoms with van der Waals surface area (Å²) in [6.07, 6.45) is 0.000278. The summed E-state index contributed by atoms with van der Waals surface area (Å²) in [7, 11) is 0. The van der Waals surface area contributed by atoms with Crippen LogP contribution in [0.25, 0.3) is 0 Å². The maximum Gasteiger partial charge on any atom is 0.303 e. The molecule has 0 aromatic heterocycles. The van der Waals surface area contributed by atoms with Gasteiger partial charge in [-0.2, -0.15) is 0 Å². The van der Waals surface area contributed by atoms with Crippen molar-refractivity contribution >= 4 is 11.8 Å². The molecule has 0 bridgehead atoms. The van der Waals surface area contributed by atoms with Gasteiger partial charge in [0.05, 0.1) is 5.60 Å². The summed E-state index contributed by atoms with van der Waals surface area (Å²) < 4.78 is 4.45. The van der Waals surface area contributed by atoms with Gasteiger partial charge in [0.15, 0.2) is 5.78 Å². The van der Waals surface area contributed by atoms with Gasteiger partial charge in [0.1, 0.15) is 6.61 Å². The van der Waals surface area contributed by atoms with E-state index < -0.39 is 11.6 Å². The normalized spacial score (nSPS) is 11.0. The van der Waals surface area contributed by atoms with Crippen molar-refractivity contribution < 1.29 is 19.4 Å². The Morgan fingerprint density at radius 2 is 1.92 bits per heavy atom. The number of ketones is 1. The van der Waals surface area contributed by atoms with Gasteiger partial charge in [0.2, 0.25) is 0 Å². The van der Waals surface area contributed by atoms with E-state index in [1.54, 1.807) is 0 Å². The SMILES string of the molecule is CC(=O)OCC(=O)CC(C)(C)O. The molecular formula is C8H14O4. The Morgan fingerprint density at radius 3 is 2.25 bits per heavy atom. The van der Waals surface area contributed by atoms with Gasteiger partial charge in [-0.3, -0.25) is 9.59 Å². The molecule has 4 heteroatoms. The molecule has 0 amide bonds. The van der Waals surface area contributed by atoms with Crippen LogP contribution in [0, 0.1) is 0 Å². The second-order valence-electron chi connectivity index (χ2n) is 3.31. The zero-order chi connectivity index (χ0) is 9.78. The van der Waals surface area contributed by atoms with Crippen molar-refractivity contribution in [3.8, 4) is 0 Å². The lowest BCUT2D eigenvalue weighted by atomic mass is 10.0. The molecule has 0 heterocycles. The molecule has 4 nitrogen and oxygen atoms in total. The Kier molecular flexibility index (Phi) is 3.89. The molecule has 12 heavy (non-hydrogen) atoms. The molecule has 0 atom stereocenters. The fraction of sp³-hybridized carbons (Fsp3) is 0.750. The highest BCUT2D eigenvalue weighted by Crippen LogP contribution is 2.07. The van der Waals surface area contributed by atoms with Crippen LogP contribution < -0.4 is 0 Å². The monoisotopic (exact) mass is 174 g/mol. The quantitative estimate of drug-likeness (QED) is 0.622. The number of aliphatic hydroxyl groups is 1. The fourth-order valence-electron chi connectivity index (χ4n) is 0.716. The van der Waals surface area contributed by atoms with Crippen LogP contribution in [0.1, 0.15) is 27.2 Å². The zero-order valence-corrected chi connectivity index (χ0v) is 7.59. The predicted molar refractivity (Wildman–Crippen MR) is 42.6 cm³/mol. The van der Waals surface area contributed by atoms with Crippen molar-refractivity contribution in [1.82, 2.24) is 0 Å². The Bertz CT molecular complexity index is 178. The highest BCUT2D eigenvalue weighted by atomic mass is 16.5. The molecule has 0 aliphatic carbocycles. The minimum Gasteiger partial charge on any atom is -0.458 e. The molecule has 0 saturated heterocycles. The number of carbonyl (C=O) groups excluding carboxylic acids is 2. The summed E-state index contributed by atoms with van der Waals surface area (Å²) >= 11 is 0. The number of ether oxygens (including phenoxy) is 1. The molecule has 0 aliphatic rings. The highest BCUT2D eigenvalue weighted by molar-refractivity contribution is 5.82. The Labute approximate surface area is 71.5 Å². The molecular weight excluding hydrogens is 160 g/mol. The molecule has 70 valence electrons. The van der Waals surface area contributed by atoms with Crippen molar-refractivity contribution in [1.29, 1.82) is 0 Å². The smallest absolute Gasteiger partial charge is 0.303 e. The van der Waals surface area contributed by atoms with E-state index in [0.29, 0.717) is 0 Å². The lowest BCUT2D eigenvalue weighted by Crippen LogP contribution is -2.26. The average molecular weight is 174 g/mol. The van der Waals surface area contributed by atoms with Crippen molar-refractivity contribution in [2.45, 2.75) is 32.8 Å². The summed E-state index contributed by atoms with van der Waals surface area (Å²) in [6.45, 7) is 4.04. The molecule has 0 aromatic carbocycles. The number of hydrogen-bond donors (Lipinski definition) is 1. The Morgan fingerprint density at radius 1 is 1.42 bits per heavy atom. The van der Waals surface area contributed by atoms with Gasteiger partial charge in [-0.1, -0.05) is 0 Å². The van der Waals surface area contributed by atoms with Gasteiger partial charge in [0.25, 0.3) is 0 Å². The molecule has 0 aromatic rings. The average Bonchev–Trinajstić information content (AvgIpc) is 1.79. The largest absolute Gasteiger partial charge is 0.458 e. The van der Waals surface area contributed by atoms with E-state index in [-0.39, 0.29) is 18.8 Å². The third-order valence-electron chi connectivity index (χ3n) is 1.07. The number of Topliss-reactive ketones (excluding diaryl/α,β-unsaturated/α-hetero) is 1. The van der Waals surface area contributed by atoms with Crippen LogP contribution >= 0.6 is 0 Å². The predicted octanol–water partition coefficient (Wildman–Crippen LogP) is 0.280. The van der Waals surface area contributed by atoms with E-state index in [9.17, 15) is 14.7 Å². The van der Waals surface area contributed by atoms with Crippen LogP contribution in [-0.4, -0.2) is 29.1 Å². The summed E-state index contributed by atoms with van der Waals surface area (Å²) in [5, 5.41) is 9.19. The van der Waals surface area contributed by atoms with Gasteiger partial charge in [0, 0.05) is 13.3 Å². The fourth-order valence-corrected chi connectivity index (χ4v) is 0.716. The Balaban J connectivity index is 3.68. The van der Waals surface area contributed by atoms with Crippen LogP contribution in [0.2, 0.25) is 0 Å². The van der Waals surface area contributed by atoms with Crippen LogP contribution in [0.15, 0.2) is 0 Å². The first-order valence-electron chi connectivity index (χ1n) is 3.69. The maximum atomic E-state index is 10.9. The molecule has 0 fully saturated rings. The molecule has 0 radical (unpaired) electrons. The van der Waals surface area contributed by atoms with E-state index in [0.717, 1.165) is 0 Å². The molecule has 0 rings (SSSR count). The minimum absolute atomic E-state index is 0.000278. The van der Waals surface area contributed by atoms with Crippen LogP contribution in [0.4, 0.5) is 0 Å². The minimum atomic E-state index is -1.03. The standard InChI is InChI=1S/C8H14O4/c1-6(9)12-5-7(10)4-8(2,3)11/h11H,4-5H2,1-3H3. The van der Waals surface area contributed by atoms with Crippen LogP contribution in [-0.2, 0) is 14.3 Å². The van der Waals surface area contributed by atoms with Crippen molar-refractivity contribution in [2.24, 2.45) is 0 Å². The van der Waals surface area contributed by atoms with Gasteiger partial charge in [-0.15, -0.1) is 0 Å². The Hall–Kier alpha value is -0.900. The molecule has 0 aliphatic heterocycles. The third-order valence-corrected chi connectivity index (χ3v) is 1.07. The van der Waals surface area contributed by atoms with Crippen molar-refractivity contribution in [2.75, 3.05) is 6.61 Å². The van der Waals surface area contributed by atoms with E-state index >= 15 is 0 Å². The first kappa shape index (κ1) is 11.1. The highest BCUT2D eigenvalue weighted by Gasteiger charge is 2.18.